The molecule has 1 aliphatic rings. The van der Waals surface area contributed by atoms with Crippen LogP contribution in [0.1, 0.15) is 22.6 Å². The van der Waals surface area contributed by atoms with Crippen molar-refractivity contribution < 1.29 is 19.0 Å². The first kappa shape index (κ1) is 23.8. The van der Waals surface area contributed by atoms with Crippen LogP contribution in [-0.2, 0) is 11.3 Å². The number of H-pyrrole nitrogens is 1. The lowest BCUT2D eigenvalue weighted by Crippen LogP contribution is -2.37. The number of ether oxygens (including phenoxy) is 3. The Balaban J connectivity index is 1.26. The number of methoxy groups -OCH3 is 1. The van der Waals surface area contributed by atoms with Crippen molar-refractivity contribution >= 4 is 16.8 Å². The zero-order valence-electron chi connectivity index (χ0n) is 20.6. The van der Waals surface area contributed by atoms with E-state index in [1.165, 1.54) is 0 Å². The Bertz CT molecular complexity index is 1330. The number of nitrogens with zero attached hydrogens (tertiary/aromatic N) is 1. The molecule has 0 saturated carbocycles. The second kappa shape index (κ2) is 10.7. The summed E-state index contributed by atoms with van der Waals surface area (Å²) in [5.41, 5.74) is 4.42. The third-order valence-corrected chi connectivity index (χ3v) is 6.49. The molecule has 5 rings (SSSR count). The zero-order chi connectivity index (χ0) is 24.9. The van der Waals surface area contributed by atoms with Crippen molar-refractivity contribution in [3.05, 3.63) is 89.6 Å². The van der Waals surface area contributed by atoms with E-state index in [-0.39, 0.29) is 18.4 Å². The van der Waals surface area contributed by atoms with Crippen LogP contribution in [0.25, 0.3) is 10.9 Å². The van der Waals surface area contributed by atoms with Crippen molar-refractivity contribution in [3.8, 4) is 17.2 Å². The summed E-state index contributed by atoms with van der Waals surface area (Å²) < 4.78 is 16.6. The molecule has 1 atom stereocenters. The SMILES string of the molecule is COc1ccc(C(CNC(=O)CN(C)Cc2ccc3c(c2)OCCO3)c2c[nH]c3ccccc23)cc1. The van der Waals surface area contributed by atoms with E-state index in [2.05, 4.69) is 34.6 Å². The average molecular weight is 486 g/mol. The lowest BCUT2D eigenvalue weighted by atomic mass is 9.90. The van der Waals surface area contributed by atoms with Crippen LogP contribution in [0.2, 0.25) is 0 Å². The number of carbonyl (C=O) groups is 1. The van der Waals surface area contributed by atoms with Gasteiger partial charge < -0.3 is 24.5 Å². The van der Waals surface area contributed by atoms with E-state index in [9.17, 15) is 4.79 Å². The number of para-hydroxylation sites is 1. The molecule has 7 nitrogen and oxygen atoms in total. The second-order valence-corrected chi connectivity index (χ2v) is 9.07. The number of benzene rings is 3. The summed E-state index contributed by atoms with van der Waals surface area (Å²) in [5, 5.41) is 4.31. The molecule has 1 unspecified atom stereocenters. The molecular formula is C29H31N3O4. The minimum atomic E-state index is -0.0200. The van der Waals surface area contributed by atoms with Gasteiger partial charge in [-0.05, 0) is 54.1 Å². The maximum Gasteiger partial charge on any atom is 0.234 e. The summed E-state index contributed by atoms with van der Waals surface area (Å²) in [6.07, 6.45) is 2.04. The van der Waals surface area contributed by atoms with Crippen molar-refractivity contribution in [3.63, 3.8) is 0 Å². The molecule has 36 heavy (non-hydrogen) atoms. The van der Waals surface area contributed by atoms with E-state index >= 15 is 0 Å². The van der Waals surface area contributed by atoms with Gasteiger partial charge in [-0.2, -0.15) is 0 Å². The molecular weight excluding hydrogens is 454 g/mol. The van der Waals surface area contributed by atoms with Gasteiger partial charge in [-0.3, -0.25) is 9.69 Å². The molecule has 3 aromatic carbocycles. The summed E-state index contributed by atoms with van der Waals surface area (Å²) in [4.78, 5) is 18.3. The van der Waals surface area contributed by atoms with Gasteiger partial charge in [0.15, 0.2) is 11.5 Å². The molecule has 2 N–H and O–H groups in total. The highest BCUT2D eigenvalue weighted by Crippen LogP contribution is 2.32. The number of aromatic nitrogens is 1. The Kier molecular flexibility index (Phi) is 7.09. The van der Waals surface area contributed by atoms with Crippen LogP contribution >= 0.6 is 0 Å². The molecule has 1 aliphatic heterocycles. The molecule has 0 saturated heterocycles. The fourth-order valence-electron chi connectivity index (χ4n) is 4.70. The number of likely N-dealkylation sites (N-methyl/N-ethyl adjacent to an activating group) is 1. The number of nitrogens with one attached hydrogen (secondary N) is 2. The summed E-state index contributed by atoms with van der Waals surface area (Å²) in [6, 6.07) is 22.2. The first-order valence-corrected chi connectivity index (χ1v) is 12.1. The lowest BCUT2D eigenvalue weighted by molar-refractivity contribution is -0.122. The van der Waals surface area contributed by atoms with Crippen LogP contribution in [-0.4, -0.2) is 56.3 Å². The Labute approximate surface area is 211 Å². The summed E-state index contributed by atoms with van der Waals surface area (Å²) in [5.74, 6) is 2.32. The number of fused-ring (bicyclic) bond motifs is 2. The fourth-order valence-corrected chi connectivity index (χ4v) is 4.70. The molecule has 2 heterocycles. The highest BCUT2D eigenvalue weighted by atomic mass is 16.6. The smallest absolute Gasteiger partial charge is 0.234 e. The highest BCUT2D eigenvalue weighted by molar-refractivity contribution is 5.84. The largest absolute Gasteiger partial charge is 0.497 e. The van der Waals surface area contributed by atoms with Gasteiger partial charge in [-0.15, -0.1) is 0 Å². The number of aromatic amines is 1. The van der Waals surface area contributed by atoms with Gasteiger partial charge in [-0.25, -0.2) is 0 Å². The molecule has 186 valence electrons. The molecule has 0 radical (unpaired) electrons. The van der Waals surface area contributed by atoms with Crippen molar-refractivity contribution in [1.82, 2.24) is 15.2 Å². The predicted molar refractivity (Wildman–Crippen MR) is 140 cm³/mol. The summed E-state index contributed by atoms with van der Waals surface area (Å²) >= 11 is 0. The van der Waals surface area contributed by atoms with Crippen LogP contribution in [0.3, 0.4) is 0 Å². The number of hydrogen-bond donors (Lipinski definition) is 2. The average Bonchev–Trinajstić information content (AvgIpc) is 3.33. The van der Waals surface area contributed by atoms with E-state index in [1.54, 1.807) is 7.11 Å². The van der Waals surface area contributed by atoms with Crippen LogP contribution in [0, 0.1) is 0 Å². The molecule has 7 heteroatoms. The third kappa shape index (κ3) is 5.31. The quantitative estimate of drug-likeness (QED) is 0.369. The van der Waals surface area contributed by atoms with Gasteiger partial charge in [-0.1, -0.05) is 36.4 Å². The summed E-state index contributed by atoms with van der Waals surface area (Å²) in [6.45, 7) is 2.54. The first-order chi connectivity index (χ1) is 17.6. The number of hydrogen-bond acceptors (Lipinski definition) is 5. The van der Waals surface area contributed by atoms with Crippen molar-refractivity contribution in [1.29, 1.82) is 0 Å². The predicted octanol–water partition coefficient (Wildman–Crippen LogP) is 4.33. The molecule has 0 aliphatic carbocycles. The van der Waals surface area contributed by atoms with Crippen LogP contribution in [0.5, 0.6) is 17.2 Å². The number of amides is 1. The van der Waals surface area contributed by atoms with E-state index < -0.39 is 0 Å². The van der Waals surface area contributed by atoms with Crippen LogP contribution in [0.4, 0.5) is 0 Å². The number of rotatable bonds is 9. The third-order valence-electron chi connectivity index (χ3n) is 6.49. The minimum absolute atomic E-state index is 0.000827. The first-order valence-electron chi connectivity index (χ1n) is 12.1. The Morgan fingerprint density at radius 2 is 1.83 bits per heavy atom. The lowest BCUT2D eigenvalue weighted by Gasteiger charge is -2.22. The topological polar surface area (TPSA) is 75.8 Å². The van der Waals surface area contributed by atoms with E-state index in [0.717, 1.165) is 44.8 Å². The molecule has 1 aromatic heterocycles. The maximum absolute atomic E-state index is 12.9. The van der Waals surface area contributed by atoms with Gasteiger partial charge in [0, 0.05) is 36.1 Å². The fraction of sp³-hybridized carbons (Fsp3) is 0.276. The van der Waals surface area contributed by atoms with Gasteiger partial charge >= 0.3 is 0 Å². The molecule has 0 fully saturated rings. The van der Waals surface area contributed by atoms with E-state index in [0.29, 0.717) is 26.3 Å². The van der Waals surface area contributed by atoms with Crippen LogP contribution in [0.15, 0.2) is 72.9 Å². The van der Waals surface area contributed by atoms with Crippen LogP contribution < -0.4 is 19.5 Å². The van der Waals surface area contributed by atoms with E-state index in [1.807, 2.05) is 60.6 Å². The van der Waals surface area contributed by atoms with Crippen molar-refractivity contribution in [2.24, 2.45) is 0 Å². The van der Waals surface area contributed by atoms with Gasteiger partial charge in [0.2, 0.25) is 5.91 Å². The molecule has 4 aromatic rings. The van der Waals surface area contributed by atoms with Gasteiger partial charge in [0.1, 0.15) is 19.0 Å². The Morgan fingerprint density at radius 1 is 1.06 bits per heavy atom. The Hall–Kier alpha value is -3.97. The molecule has 0 bridgehead atoms. The molecule has 1 amide bonds. The van der Waals surface area contributed by atoms with Gasteiger partial charge in [0.05, 0.1) is 13.7 Å². The molecule has 0 spiro atoms. The monoisotopic (exact) mass is 485 g/mol. The standard InChI is InChI=1S/C29H31N3O4/c1-32(18-20-7-12-27-28(15-20)36-14-13-35-27)19-29(33)31-16-24(21-8-10-22(34-2)11-9-21)25-17-30-26-6-4-3-5-23(25)26/h3-12,15,17,24,30H,13-14,16,18-19H2,1-2H3,(H,31,33). The summed E-state index contributed by atoms with van der Waals surface area (Å²) in [7, 11) is 3.60. The zero-order valence-corrected chi connectivity index (χ0v) is 20.6. The maximum atomic E-state index is 12.9. The van der Waals surface area contributed by atoms with Crippen molar-refractivity contribution in [2.75, 3.05) is 40.5 Å². The minimum Gasteiger partial charge on any atom is -0.497 e. The Morgan fingerprint density at radius 3 is 2.64 bits per heavy atom. The van der Waals surface area contributed by atoms with E-state index in [4.69, 9.17) is 14.2 Å². The second-order valence-electron chi connectivity index (χ2n) is 9.07. The van der Waals surface area contributed by atoms with Gasteiger partial charge in [0.25, 0.3) is 0 Å². The number of carbonyl (C=O) groups excluding carboxylic acids is 1. The highest BCUT2D eigenvalue weighted by Gasteiger charge is 2.20. The van der Waals surface area contributed by atoms with Crippen molar-refractivity contribution in [2.45, 2.75) is 12.5 Å². The normalized spacial score (nSPS) is 13.5.